The van der Waals surface area contributed by atoms with Gasteiger partial charge in [-0.15, -0.1) is 0 Å². The summed E-state index contributed by atoms with van der Waals surface area (Å²) in [5.41, 5.74) is 3.73. The Balaban J connectivity index is 3.33. The Morgan fingerprint density at radius 3 is 2.71 bits per heavy atom. The maximum Gasteiger partial charge on any atom is 0.328 e. The van der Waals surface area contributed by atoms with Crippen molar-refractivity contribution in [3.63, 3.8) is 0 Å². The Morgan fingerprint density at radius 2 is 2.21 bits per heavy atom. The molecular weight excluding hydrogens is 253 g/mol. The molecule has 0 saturated carbocycles. The topological polar surface area (TPSA) is 63.3 Å². The summed E-state index contributed by atoms with van der Waals surface area (Å²) in [5.74, 6) is -1.91. The number of hydrogen-bond donors (Lipinski definition) is 2. The van der Waals surface area contributed by atoms with Gasteiger partial charge in [-0.2, -0.15) is 0 Å². The van der Waals surface area contributed by atoms with Crippen LogP contribution in [0.2, 0.25) is 0 Å². The van der Waals surface area contributed by atoms with Gasteiger partial charge in [0.15, 0.2) is 0 Å². The molecule has 3 N–H and O–H groups in total. The molecule has 0 amide bonds. The number of nitrogens with two attached hydrogens (primary N) is 1. The first kappa shape index (κ1) is 11.1. The number of benzene rings is 1. The van der Waals surface area contributed by atoms with Gasteiger partial charge in [-0.3, -0.25) is 0 Å². The number of carbonyl (C=O) groups is 1. The normalized spacial score (nSPS) is 14.9. The number of carboxylic acids is 1. The summed E-state index contributed by atoms with van der Waals surface area (Å²) < 4.78 is 13.7. The molecule has 0 bridgehead atoms. The van der Waals surface area contributed by atoms with E-state index in [9.17, 15) is 9.18 Å². The second-order valence-corrected chi connectivity index (χ2v) is 3.96. The lowest BCUT2D eigenvalue weighted by Gasteiger charge is -2.20. The van der Waals surface area contributed by atoms with E-state index in [1.807, 2.05) is 0 Å². The first-order valence-corrected chi connectivity index (χ1v) is 4.63. The van der Waals surface area contributed by atoms with Gasteiger partial charge in [-0.25, -0.2) is 9.18 Å². The van der Waals surface area contributed by atoms with Gasteiger partial charge < -0.3 is 10.8 Å². The van der Waals surface area contributed by atoms with Gasteiger partial charge in [0, 0.05) is 5.56 Å². The van der Waals surface area contributed by atoms with Crippen LogP contribution in [0.25, 0.3) is 0 Å². The molecule has 0 aliphatic carbocycles. The van der Waals surface area contributed by atoms with E-state index in [4.69, 9.17) is 10.8 Å². The Morgan fingerprint density at radius 1 is 1.64 bits per heavy atom. The van der Waals surface area contributed by atoms with Crippen LogP contribution in [0.1, 0.15) is 12.5 Å². The molecule has 1 rings (SSSR count). The van der Waals surface area contributed by atoms with Crippen molar-refractivity contribution in [2.75, 3.05) is 0 Å². The zero-order chi connectivity index (χ0) is 10.9. The fourth-order valence-corrected chi connectivity index (χ4v) is 1.39. The van der Waals surface area contributed by atoms with E-state index in [2.05, 4.69) is 15.9 Å². The number of halogens is 2. The quantitative estimate of drug-likeness (QED) is 0.854. The predicted octanol–water partition coefficient (Wildman–Crippen LogP) is 1.85. The first-order chi connectivity index (χ1) is 6.37. The Labute approximate surface area is 88.9 Å². The third-order valence-corrected chi connectivity index (χ3v) is 2.57. The number of carboxylic acid groups (broad SMARTS) is 1. The fraction of sp³-hybridized carbons (Fsp3) is 0.222. The summed E-state index contributed by atoms with van der Waals surface area (Å²) in [5, 5.41) is 8.80. The summed E-state index contributed by atoms with van der Waals surface area (Å²) in [6.07, 6.45) is 0. The van der Waals surface area contributed by atoms with E-state index < -0.39 is 17.3 Å². The monoisotopic (exact) mass is 261 g/mol. The summed E-state index contributed by atoms with van der Waals surface area (Å²) in [7, 11) is 0. The molecule has 5 heteroatoms. The van der Waals surface area contributed by atoms with Gasteiger partial charge in [0.25, 0.3) is 0 Å². The lowest BCUT2D eigenvalue weighted by molar-refractivity contribution is -0.143. The van der Waals surface area contributed by atoms with Gasteiger partial charge in [0.2, 0.25) is 0 Å². The molecule has 0 aliphatic heterocycles. The molecule has 0 spiro atoms. The van der Waals surface area contributed by atoms with Crippen molar-refractivity contribution in [2.45, 2.75) is 12.5 Å². The zero-order valence-electron chi connectivity index (χ0n) is 7.42. The molecule has 0 unspecified atom stereocenters. The number of aliphatic carboxylic acids is 1. The molecule has 0 aromatic heterocycles. The average molecular weight is 262 g/mol. The van der Waals surface area contributed by atoms with Crippen molar-refractivity contribution < 1.29 is 14.3 Å². The minimum atomic E-state index is -1.71. The van der Waals surface area contributed by atoms with E-state index in [0.717, 1.165) is 0 Å². The van der Waals surface area contributed by atoms with Crippen LogP contribution >= 0.6 is 15.9 Å². The summed E-state index contributed by atoms with van der Waals surface area (Å²) in [6, 6.07) is 4.38. The van der Waals surface area contributed by atoms with Crippen LogP contribution in [0.5, 0.6) is 0 Å². The molecule has 0 radical (unpaired) electrons. The van der Waals surface area contributed by atoms with Crippen molar-refractivity contribution in [1.82, 2.24) is 0 Å². The van der Waals surface area contributed by atoms with Crippen LogP contribution in [-0.2, 0) is 10.3 Å². The number of rotatable bonds is 2. The molecule has 0 aliphatic rings. The molecule has 0 fully saturated rings. The van der Waals surface area contributed by atoms with Crippen molar-refractivity contribution in [3.05, 3.63) is 34.1 Å². The minimum Gasteiger partial charge on any atom is -0.480 e. The largest absolute Gasteiger partial charge is 0.480 e. The molecular formula is C9H9BrFNO2. The molecule has 1 aromatic rings. The maximum atomic E-state index is 13.5. The van der Waals surface area contributed by atoms with Crippen LogP contribution in [0.4, 0.5) is 4.39 Å². The Bertz CT molecular complexity index is 379. The van der Waals surface area contributed by atoms with E-state index >= 15 is 0 Å². The molecule has 3 nitrogen and oxygen atoms in total. The lowest BCUT2D eigenvalue weighted by atomic mass is 9.93. The summed E-state index contributed by atoms with van der Waals surface area (Å²) in [4.78, 5) is 10.8. The van der Waals surface area contributed by atoms with E-state index in [-0.39, 0.29) is 10.0 Å². The fourth-order valence-electron chi connectivity index (χ4n) is 1.02. The number of hydrogen-bond acceptors (Lipinski definition) is 2. The Kier molecular flexibility index (Phi) is 2.92. The second kappa shape index (κ2) is 3.67. The minimum absolute atomic E-state index is 0.0422. The third kappa shape index (κ3) is 1.78. The van der Waals surface area contributed by atoms with Crippen molar-refractivity contribution >= 4 is 21.9 Å². The van der Waals surface area contributed by atoms with Gasteiger partial charge in [-0.05, 0) is 28.9 Å². The van der Waals surface area contributed by atoms with E-state index in [1.54, 1.807) is 0 Å². The van der Waals surface area contributed by atoms with Crippen LogP contribution < -0.4 is 5.73 Å². The van der Waals surface area contributed by atoms with Crippen LogP contribution in [0, 0.1) is 5.82 Å². The third-order valence-electron chi connectivity index (χ3n) is 1.96. The van der Waals surface area contributed by atoms with Crippen LogP contribution in [0.3, 0.4) is 0 Å². The smallest absolute Gasteiger partial charge is 0.328 e. The molecule has 76 valence electrons. The molecule has 14 heavy (non-hydrogen) atoms. The van der Waals surface area contributed by atoms with Gasteiger partial charge in [0.1, 0.15) is 11.4 Å². The van der Waals surface area contributed by atoms with Crippen molar-refractivity contribution in [2.24, 2.45) is 5.73 Å². The first-order valence-electron chi connectivity index (χ1n) is 3.84. The second-order valence-electron chi connectivity index (χ2n) is 3.11. The van der Waals surface area contributed by atoms with Crippen molar-refractivity contribution in [3.8, 4) is 0 Å². The zero-order valence-corrected chi connectivity index (χ0v) is 9.01. The van der Waals surface area contributed by atoms with E-state index in [1.165, 1.54) is 25.1 Å². The molecule has 0 saturated heterocycles. The Hall–Kier alpha value is -0.940. The van der Waals surface area contributed by atoms with Gasteiger partial charge in [-0.1, -0.05) is 12.1 Å². The highest BCUT2D eigenvalue weighted by Gasteiger charge is 2.33. The van der Waals surface area contributed by atoms with Crippen LogP contribution in [0.15, 0.2) is 22.7 Å². The standard InChI is InChI=1S/C9H9BrFNO2/c1-9(12,8(13)14)5-3-2-4-6(10)7(5)11/h2-4H,12H2,1H3,(H,13,14)/t9-/m1/s1. The molecule has 1 aromatic carbocycles. The van der Waals surface area contributed by atoms with Gasteiger partial charge in [0.05, 0.1) is 4.47 Å². The summed E-state index contributed by atoms with van der Waals surface area (Å²) >= 11 is 2.96. The van der Waals surface area contributed by atoms with E-state index in [0.29, 0.717) is 0 Å². The lowest BCUT2D eigenvalue weighted by Crippen LogP contribution is -2.42. The average Bonchev–Trinajstić information content (AvgIpc) is 2.09. The van der Waals surface area contributed by atoms with Crippen LogP contribution in [-0.4, -0.2) is 11.1 Å². The molecule has 1 atom stereocenters. The predicted molar refractivity (Wildman–Crippen MR) is 53.3 cm³/mol. The maximum absolute atomic E-state index is 13.5. The highest BCUT2D eigenvalue weighted by molar-refractivity contribution is 9.10. The summed E-state index contributed by atoms with van der Waals surface area (Å²) in [6.45, 7) is 1.25. The molecule has 0 heterocycles. The highest BCUT2D eigenvalue weighted by Crippen LogP contribution is 2.26. The SMILES string of the molecule is C[C@](N)(C(=O)O)c1cccc(Br)c1F. The van der Waals surface area contributed by atoms with Gasteiger partial charge >= 0.3 is 5.97 Å². The van der Waals surface area contributed by atoms with Crippen molar-refractivity contribution in [1.29, 1.82) is 0 Å². The highest BCUT2D eigenvalue weighted by atomic mass is 79.9.